The lowest BCUT2D eigenvalue weighted by atomic mass is 10.3. The normalized spacial score (nSPS) is 14.4. The number of hydrogen-bond donors (Lipinski definition) is 1. The minimum absolute atomic E-state index is 0.112. The monoisotopic (exact) mass is 361 g/mol. The van der Waals surface area contributed by atoms with Gasteiger partial charge in [0.2, 0.25) is 11.9 Å². The lowest BCUT2D eigenvalue weighted by molar-refractivity contribution is -0.129. The van der Waals surface area contributed by atoms with Gasteiger partial charge in [-0.15, -0.1) is 0 Å². The number of amides is 1. The van der Waals surface area contributed by atoms with Crippen LogP contribution in [0.5, 0.6) is 5.75 Å². The maximum Gasteiger partial charge on any atom is 0.229 e. The van der Waals surface area contributed by atoms with Crippen molar-refractivity contribution in [2.75, 3.05) is 43.5 Å². The Morgan fingerprint density at radius 1 is 1.24 bits per heavy atom. The molecule has 132 valence electrons. The zero-order valence-electron chi connectivity index (χ0n) is 14.2. The quantitative estimate of drug-likeness (QED) is 0.902. The van der Waals surface area contributed by atoms with Gasteiger partial charge >= 0.3 is 0 Å². The van der Waals surface area contributed by atoms with Crippen LogP contribution in [0.25, 0.3) is 0 Å². The van der Waals surface area contributed by atoms with E-state index in [2.05, 4.69) is 20.2 Å². The molecule has 8 heteroatoms. The van der Waals surface area contributed by atoms with Gasteiger partial charge in [-0.2, -0.15) is 4.98 Å². The number of methoxy groups -OCH3 is 1. The van der Waals surface area contributed by atoms with E-state index in [-0.39, 0.29) is 5.91 Å². The molecule has 0 saturated carbocycles. The first kappa shape index (κ1) is 17.3. The Kier molecular flexibility index (Phi) is 5.23. The Hall–Kier alpha value is -2.54. The number of benzene rings is 1. The van der Waals surface area contributed by atoms with E-state index in [1.807, 2.05) is 17.0 Å². The third-order valence-corrected chi connectivity index (χ3v) is 4.39. The molecule has 1 amide bonds. The number of ether oxygens (including phenoxy) is 1. The van der Waals surface area contributed by atoms with Crippen molar-refractivity contribution >= 4 is 35.0 Å². The number of nitrogens with one attached hydrogen (secondary N) is 1. The molecule has 0 unspecified atom stereocenters. The van der Waals surface area contributed by atoms with Gasteiger partial charge in [-0.25, -0.2) is 4.98 Å². The number of hydrogen-bond acceptors (Lipinski definition) is 6. The summed E-state index contributed by atoms with van der Waals surface area (Å²) in [4.78, 5) is 24.2. The standard InChI is InChI=1S/C17H20ClN5O2/c1-12(24)22-7-9-23(10-8-22)16-5-6-19-17(21-16)20-13-3-4-15(25-2)14(18)11-13/h3-6,11H,7-10H2,1-2H3,(H,19,20,21). The molecule has 1 saturated heterocycles. The fourth-order valence-electron chi connectivity index (χ4n) is 2.71. The highest BCUT2D eigenvalue weighted by molar-refractivity contribution is 6.32. The summed E-state index contributed by atoms with van der Waals surface area (Å²) in [6.45, 7) is 4.52. The van der Waals surface area contributed by atoms with Crippen LogP contribution in [0, 0.1) is 0 Å². The first-order valence-electron chi connectivity index (χ1n) is 8.01. The van der Waals surface area contributed by atoms with E-state index in [9.17, 15) is 4.79 Å². The van der Waals surface area contributed by atoms with E-state index in [1.54, 1.807) is 32.4 Å². The van der Waals surface area contributed by atoms with Gasteiger partial charge in [-0.1, -0.05) is 11.6 Å². The Morgan fingerprint density at radius 3 is 2.64 bits per heavy atom. The van der Waals surface area contributed by atoms with E-state index in [0.29, 0.717) is 29.8 Å². The summed E-state index contributed by atoms with van der Waals surface area (Å²) in [5, 5.41) is 3.67. The number of aromatic nitrogens is 2. The molecule has 2 heterocycles. The number of halogens is 1. The molecule has 7 nitrogen and oxygen atoms in total. The summed E-state index contributed by atoms with van der Waals surface area (Å²) < 4.78 is 5.15. The molecular weight excluding hydrogens is 342 g/mol. The van der Waals surface area contributed by atoms with Crippen molar-refractivity contribution in [1.29, 1.82) is 0 Å². The van der Waals surface area contributed by atoms with Crippen molar-refractivity contribution in [3.8, 4) is 5.75 Å². The van der Waals surface area contributed by atoms with Crippen LogP contribution in [-0.4, -0.2) is 54.1 Å². The van der Waals surface area contributed by atoms with Crippen LogP contribution in [-0.2, 0) is 4.79 Å². The lowest BCUT2D eigenvalue weighted by Gasteiger charge is -2.34. The van der Waals surface area contributed by atoms with E-state index >= 15 is 0 Å². The van der Waals surface area contributed by atoms with Gasteiger partial charge < -0.3 is 19.9 Å². The van der Waals surface area contributed by atoms with E-state index in [4.69, 9.17) is 16.3 Å². The van der Waals surface area contributed by atoms with Crippen LogP contribution in [0.3, 0.4) is 0 Å². The third-order valence-electron chi connectivity index (χ3n) is 4.10. The maximum atomic E-state index is 11.4. The van der Waals surface area contributed by atoms with Crippen LogP contribution >= 0.6 is 11.6 Å². The average Bonchev–Trinajstić information content (AvgIpc) is 2.62. The molecule has 0 radical (unpaired) electrons. The summed E-state index contributed by atoms with van der Waals surface area (Å²) in [6, 6.07) is 7.28. The predicted molar refractivity (Wildman–Crippen MR) is 97.8 cm³/mol. The second-order valence-corrected chi connectivity index (χ2v) is 6.11. The third kappa shape index (κ3) is 4.11. The molecule has 0 spiro atoms. The molecule has 1 aromatic carbocycles. The highest BCUT2D eigenvalue weighted by atomic mass is 35.5. The topological polar surface area (TPSA) is 70.6 Å². The second-order valence-electron chi connectivity index (χ2n) is 5.71. The van der Waals surface area contributed by atoms with Gasteiger partial charge in [0.25, 0.3) is 0 Å². The number of carbonyl (C=O) groups is 1. The largest absolute Gasteiger partial charge is 0.495 e. The molecule has 1 aliphatic rings. The van der Waals surface area contributed by atoms with Gasteiger partial charge in [-0.3, -0.25) is 4.79 Å². The number of rotatable bonds is 4. The van der Waals surface area contributed by atoms with E-state index in [0.717, 1.165) is 24.6 Å². The minimum Gasteiger partial charge on any atom is -0.495 e. The zero-order valence-corrected chi connectivity index (χ0v) is 15.0. The van der Waals surface area contributed by atoms with Gasteiger partial charge in [-0.05, 0) is 24.3 Å². The highest BCUT2D eigenvalue weighted by Gasteiger charge is 2.19. The fourth-order valence-corrected chi connectivity index (χ4v) is 2.97. The van der Waals surface area contributed by atoms with Crippen LogP contribution in [0.4, 0.5) is 17.5 Å². The molecule has 25 heavy (non-hydrogen) atoms. The average molecular weight is 362 g/mol. The van der Waals surface area contributed by atoms with E-state index in [1.165, 1.54) is 0 Å². The van der Waals surface area contributed by atoms with Crippen LogP contribution < -0.4 is 15.0 Å². The van der Waals surface area contributed by atoms with Gasteiger partial charge in [0, 0.05) is 45.0 Å². The molecule has 1 aromatic heterocycles. The van der Waals surface area contributed by atoms with Crippen molar-refractivity contribution in [3.63, 3.8) is 0 Å². The van der Waals surface area contributed by atoms with Crippen LogP contribution in [0.2, 0.25) is 5.02 Å². The van der Waals surface area contributed by atoms with Crippen molar-refractivity contribution in [1.82, 2.24) is 14.9 Å². The highest BCUT2D eigenvalue weighted by Crippen LogP contribution is 2.28. The Morgan fingerprint density at radius 2 is 2.00 bits per heavy atom. The van der Waals surface area contributed by atoms with Crippen LogP contribution in [0.1, 0.15) is 6.92 Å². The maximum absolute atomic E-state index is 11.4. The first-order chi connectivity index (χ1) is 12.1. The summed E-state index contributed by atoms with van der Waals surface area (Å²) in [5.74, 6) is 2.05. The fraction of sp³-hybridized carbons (Fsp3) is 0.353. The van der Waals surface area contributed by atoms with Crippen LogP contribution in [0.15, 0.2) is 30.5 Å². The molecule has 0 aliphatic carbocycles. The summed E-state index contributed by atoms with van der Waals surface area (Å²) in [6.07, 6.45) is 1.72. The van der Waals surface area contributed by atoms with Gasteiger partial charge in [0.15, 0.2) is 0 Å². The molecule has 2 aromatic rings. The Labute approximate surface area is 151 Å². The summed E-state index contributed by atoms with van der Waals surface area (Å²) >= 11 is 6.14. The molecule has 0 bridgehead atoms. The summed E-state index contributed by atoms with van der Waals surface area (Å²) in [5.41, 5.74) is 0.782. The smallest absolute Gasteiger partial charge is 0.229 e. The molecule has 1 N–H and O–H groups in total. The number of carbonyl (C=O) groups excluding carboxylic acids is 1. The van der Waals surface area contributed by atoms with Crippen molar-refractivity contribution in [2.45, 2.75) is 6.92 Å². The second kappa shape index (κ2) is 7.57. The number of anilines is 3. The number of piperazine rings is 1. The minimum atomic E-state index is 0.112. The number of nitrogens with zero attached hydrogens (tertiary/aromatic N) is 4. The van der Waals surface area contributed by atoms with Gasteiger partial charge in [0.05, 0.1) is 12.1 Å². The molecule has 1 fully saturated rings. The molecule has 0 atom stereocenters. The Bertz CT molecular complexity index is 762. The van der Waals surface area contributed by atoms with Crippen molar-refractivity contribution in [2.24, 2.45) is 0 Å². The van der Waals surface area contributed by atoms with E-state index < -0.39 is 0 Å². The molecule has 1 aliphatic heterocycles. The zero-order chi connectivity index (χ0) is 17.8. The van der Waals surface area contributed by atoms with Gasteiger partial charge in [0.1, 0.15) is 11.6 Å². The lowest BCUT2D eigenvalue weighted by Crippen LogP contribution is -2.48. The summed E-state index contributed by atoms with van der Waals surface area (Å²) in [7, 11) is 1.58. The first-order valence-corrected chi connectivity index (χ1v) is 8.38. The molecule has 3 rings (SSSR count). The predicted octanol–water partition coefficient (Wildman–Crippen LogP) is 2.55. The Balaban J connectivity index is 1.70. The molecular formula is C17H20ClN5O2. The SMILES string of the molecule is COc1ccc(Nc2nccc(N3CCN(C(C)=O)CC3)n2)cc1Cl. The van der Waals surface area contributed by atoms with Crippen molar-refractivity contribution in [3.05, 3.63) is 35.5 Å². The van der Waals surface area contributed by atoms with Crippen molar-refractivity contribution < 1.29 is 9.53 Å².